The van der Waals surface area contributed by atoms with E-state index < -0.39 is 0 Å². The van der Waals surface area contributed by atoms with Gasteiger partial charge in [-0.05, 0) is 36.7 Å². The van der Waals surface area contributed by atoms with Gasteiger partial charge in [-0.2, -0.15) is 0 Å². The maximum atomic E-state index is 9.87. The molecule has 3 nitrogen and oxygen atoms in total. The summed E-state index contributed by atoms with van der Waals surface area (Å²) in [5.41, 5.74) is 1.40. The third kappa shape index (κ3) is 2.42. The lowest BCUT2D eigenvalue weighted by Crippen LogP contribution is -1.88. The summed E-state index contributed by atoms with van der Waals surface area (Å²) in [5, 5.41) is 19.9. The molecule has 2 N–H and O–H groups in total. The standard InChI is InChI=1S/C13H14O3S/c1-2-3-4-8-5-12(17)16-11-7-9(14)6-10(15)13(8)11/h5-7,14-15H,2-4H2,1H3. The fourth-order valence-electron chi connectivity index (χ4n) is 1.91. The predicted molar refractivity (Wildman–Crippen MR) is 69.0 cm³/mol. The second-order valence-corrected chi connectivity index (χ2v) is 4.43. The molecule has 2 rings (SSSR count). The molecule has 0 saturated heterocycles. The molecule has 0 fully saturated rings. The van der Waals surface area contributed by atoms with Crippen molar-refractivity contribution in [2.45, 2.75) is 26.2 Å². The molecule has 0 bridgehead atoms. The first kappa shape index (κ1) is 11.9. The second-order valence-electron chi connectivity index (χ2n) is 4.03. The number of hydrogen-bond donors (Lipinski definition) is 2. The van der Waals surface area contributed by atoms with Gasteiger partial charge in [0.1, 0.15) is 17.1 Å². The van der Waals surface area contributed by atoms with E-state index in [-0.39, 0.29) is 11.5 Å². The smallest absolute Gasteiger partial charge is 0.191 e. The quantitative estimate of drug-likeness (QED) is 0.811. The third-order valence-corrected chi connectivity index (χ3v) is 2.89. The van der Waals surface area contributed by atoms with Crippen LogP contribution in [0.1, 0.15) is 25.3 Å². The van der Waals surface area contributed by atoms with E-state index >= 15 is 0 Å². The topological polar surface area (TPSA) is 53.6 Å². The zero-order chi connectivity index (χ0) is 12.4. The van der Waals surface area contributed by atoms with E-state index in [0.29, 0.717) is 15.7 Å². The third-order valence-electron chi connectivity index (χ3n) is 2.69. The zero-order valence-corrected chi connectivity index (χ0v) is 10.4. The summed E-state index contributed by atoms with van der Waals surface area (Å²) in [7, 11) is 0. The fourth-order valence-corrected chi connectivity index (χ4v) is 2.14. The average molecular weight is 250 g/mol. The molecular weight excluding hydrogens is 236 g/mol. The van der Waals surface area contributed by atoms with Crippen molar-refractivity contribution in [3.8, 4) is 11.5 Å². The number of unbranched alkanes of at least 4 members (excludes halogenated alkanes) is 1. The van der Waals surface area contributed by atoms with E-state index in [2.05, 4.69) is 6.92 Å². The first-order valence-electron chi connectivity index (χ1n) is 5.60. The summed E-state index contributed by atoms with van der Waals surface area (Å²) in [4.78, 5) is 0. The highest BCUT2D eigenvalue weighted by Gasteiger charge is 2.10. The molecule has 0 atom stereocenters. The number of phenolic OH excluding ortho intramolecular Hbond substituents is 2. The van der Waals surface area contributed by atoms with Crippen LogP contribution in [0.3, 0.4) is 0 Å². The van der Waals surface area contributed by atoms with Gasteiger partial charge in [-0.3, -0.25) is 0 Å². The largest absolute Gasteiger partial charge is 0.508 e. The molecule has 90 valence electrons. The summed E-state index contributed by atoms with van der Waals surface area (Å²) in [6.07, 6.45) is 2.93. The van der Waals surface area contributed by atoms with Crippen molar-refractivity contribution in [2.24, 2.45) is 0 Å². The Balaban J connectivity index is 2.69. The number of aryl methyl sites for hydroxylation is 1. The average Bonchev–Trinajstić information content (AvgIpc) is 2.24. The minimum atomic E-state index is -0.0270. The van der Waals surface area contributed by atoms with Crippen molar-refractivity contribution in [3.63, 3.8) is 0 Å². The molecule has 1 aromatic carbocycles. The summed E-state index contributed by atoms with van der Waals surface area (Å²) >= 11 is 5.03. The number of rotatable bonds is 3. The summed E-state index contributed by atoms with van der Waals surface area (Å²) < 4.78 is 5.71. The van der Waals surface area contributed by atoms with Crippen molar-refractivity contribution in [3.05, 3.63) is 28.5 Å². The maximum Gasteiger partial charge on any atom is 0.191 e. The molecule has 0 saturated carbocycles. The van der Waals surface area contributed by atoms with Gasteiger partial charge in [0.2, 0.25) is 0 Å². The van der Waals surface area contributed by atoms with E-state index in [0.717, 1.165) is 24.8 Å². The Morgan fingerprint density at radius 1 is 1.24 bits per heavy atom. The van der Waals surface area contributed by atoms with Crippen LogP contribution in [0.4, 0.5) is 0 Å². The van der Waals surface area contributed by atoms with Crippen molar-refractivity contribution in [1.29, 1.82) is 0 Å². The molecule has 4 heteroatoms. The van der Waals surface area contributed by atoms with Gasteiger partial charge >= 0.3 is 0 Å². The molecule has 1 aromatic heterocycles. The van der Waals surface area contributed by atoms with Crippen LogP contribution in [0.25, 0.3) is 11.0 Å². The van der Waals surface area contributed by atoms with Crippen molar-refractivity contribution in [1.82, 2.24) is 0 Å². The molecule has 0 aliphatic rings. The van der Waals surface area contributed by atoms with E-state index in [9.17, 15) is 10.2 Å². The van der Waals surface area contributed by atoms with Crippen molar-refractivity contribution in [2.75, 3.05) is 0 Å². The van der Waals surface area contributed by atoms with Gasteiger partial charge in [0.25, 0.3) is 0 Å². The van der Waals surface area contributed by atoms with Crippen molar-refractivity contribution < 1.29 is 14.6 Å². The highest BCUT2D eigenvalue weighted by molar-refractivity contribution is 7.71. The number of phenols is 2. The number of benzene rings is 1. The Hall–Kier alpha value is -1.55. The molecule has 17 heavy (non-hydrogen) atoms. The molecule has 0 aliphatic carbocycles. The SMILES string of the molecule is CCCCc1cc(=S)oc2cc(O)cc(O)c12. The van der Waals surface area contributed by atoms with Crippen LogP contribution in [-0.4, -0.2) is 10.2 Å². The lowest BCUT2D eigenvalue weighted by atomic mass is 10.0. The summed E-state index contributed by atoms with van der Waals surface area (Å²) in [6, 6.07) is 4.56. The first-order chi connectivity index (χ1) is 8.11. The minimum absolute atomic E-state index is 0.0270. The fraction of sp³-hybridized carbons (Fsp3) is 0.308. The van der Waals surface area contributed by atoms with E-state index in [1.807, 2.05) is 0 Å². The van der Waals surface area contributed by atoms with E-state index in [1.54, 1.807) is 6.07 Å². The number of fused-ring (bicyclic) bond motifs is 1. The molecule has 0 radical (unpaired) electrons. The lowest BCUT2D eigenvalue weighted by molar-refractivity contribution is 0.451. The molecular formula is C13H14O3S. The van der Waals surface area contributed by atoms with Gasteiger partial charge in [-0.25, -0.2) is 0 Å². The van der Waals surface area contributed by atoms with Crippen LogP contribution in [0.2, 0.25) is 0 Å². The number of hydrogen-bond acceptors (Lipinski definition) is 4. The first-order valence-corrected chi connectivity index (χ1v) is 6.01. The lowest BCUT2D eigenvalue weighted by Gasteiger charge is -2.07. The molecule has 0 aliphatic heterocycles. The maximum absolute atomic E-state index is 9.87. The van der Waals surface area contributed by atoms with Crippen LogP contribution in [-0.2, 0) is 6.42 Å². The van der Waals surface area contributed by atoms with Gasteiger partial charge in [0.15, 0.2) is 4.71 Å². The van der Waals surface area contributed by atoms with E-state index in [1.165, 1.54) is 12.1 Å². The Kier molecular flexibility index (Phi) is 3.33. The normalized spacial score (nSPS) is 10.9. The highest BCUT2D eigenvalue weighted by atomic mass is 32.1. The number of aromatic hydroxyl groups is 2. The Bertz CT molecular complexity index is 601. The molecule has 0 spiro atoms. The zero-order valence-electron chi connectivity index (χ0n) is 9.56. The predicted octanol–water partition coefficient (Wildman–Crippen LogP) is 3.92. The van der Waals surface area contributed by atoms with Crippen LogP contribution < -0.4 is 0 Å². The van der Waals surface area contributed by atoms with Crippen LogP contribution in [0.5, 0.6) is 11.5 Å². The van der Waals surface area contributed by atoms with E-state index in [4.69, 9.17) is 16.6 Å². The van der Waals surface area contributed by atoms with Gasteiger partial charge in [0, 0.05) is 12.1 Å². The van der Waals surface area contributed by atoms with Crippen LogP contribution in [0, 0.1) is 4.71 Å². The van der Waals surface area contributed by atoms with Crippen LogP contribution >= 0.6 is 12.2 Å². The van der Waals surface area contributed by atoms with Crippen LogP contribution in [0.15, 0.2) is 22.6 Å². The molecule has 2 aromatic rings. The molecule has 0 amide bonds. The van der Waals surface area contributed by atoms with Gasteiger partial charge in [-0.15, -0.1) is 0 Å². The van der Waals surface area contributed by atoms with Gasteiger partial charge in [-0.1, -0.05) is 13.3 Å². The highest BCUT2D eigenvalue weighted by Crippen LogP contribution is 2.33. The molecule has 0 unspecified atom stereocenters. The second kappa shape index (κ2) is 4.75. The van der Waals surface area contributed by atoms with Gasteiger partial charge < -0.3 is 14.6 Å². The minimum Gasteiger partial charge on any atom is -0.508 e. The summed E-state index contributed by atoms with van der Waals surface area (Å²) in [5.74, 6) is 0.00523. The Morgan fingerprint density at radius 3 is 2.71 bits per heavy atom. The summed E-state index contributed by atoms with van der Waals surface area (Å²) in [6.45, 7) is 2.11. The Morgan fingerprint density at radius 2 is 2.00 bits per heavy atom. The van der Waals surface area contributed by atoms with Crippen molar-refractivity contribution >= 4 is 23.2 Å². The van der Waals surface area contributed by atoms with Gasteiger partial charge in [0.05, 0.1) is 5.39 Å². The monoisotopic (exact) mass is 250 g/mol. The Labute approximate surface area is 104 Å². The molecule has 1 heterocycles.